The number of benzene rings is 1. The largest absolute Gasteiger partial charge is 0.481 e. The summed E-state index contributed by atoms with van der Waals surface area (Å²) in [7, 11) is 0. The molecule has 1 aromatic carbocycles. The third kappa shape index (κ3) is 3.55. The van der Waals surface area contributed by atoms with Crippen LogP contribution in [0.3, 0.4) is 0 Å². The van der Waals surface area contributed by atoms with E-state index in [2.05, 4.69) is 17.0 Å². The minimum Gasteiger partial charge on any atom is -0.481 e. The van der Waals surface area contributed by atoms with Crippen LogP contribution in [0, 0.1) is 5.92 Å². The van der Waals surface area contributed by atoms with Crippen LogP contribution in [0.2, 0.25) is 0 Å². The minimum atomic E-state index is -0.771. The molecule has 2 rings (SSSR count). The molecule has 19 heavy (non-hydrogen) atoms. The lowest BCUT2D eigenvalue weighted by molar-refractivity contribution is -0.144. The predicted molar refractivity (Wildman–Crippen MR) is 74.7 cm³/mol. The minimum absolute atomic E-state index is 0.0662. The lowest BCUT2D eigenvalue weighted by atomic mass is 9.90. The van der Waals surface area contributed by atoms with E-state index < -0.39 is 11.9 Å². The van der Waals surface area contributed by atoms with Gasteiger partial charge in [-0.25, -0.2) is 0 Å². The molecule has 1 aliphatic heterocycles. The number of likely N-dealkylation sites (tertiary alicyclic amines) is 1. The molecular formula is C15H22N2O2. The summed E-state index contributed by atoms with van der Waals surface area (Å²) in [5.74, 6) is -1.23. The quantitative estimate of drug-likeness (QED) is 0.847. The second kappa shape index (κ2) is 6.68. The lowest BCUT2D eigenvalue weighted by Gasteiger charge is -2.38. The zero-order valence-corrected chi connectivity index (χ0v) is 11.2. The maximum Gasteiger partial charge on any atom is 0.309 e. The van der Waals surface area contributed by atoms with Crippen LogP contribution in [0.1, 0.15) is 24.8 Å². The fourth-order valence-electron chi connectivity index (χ4n) is 2.91. The van der Waals surface area contributed by atoms with Crippen LogP contribution in [0.25, 0.3) is 0 Å². The van der Waals surface area contributed by atoms with Gasteiger partial charge in [0.15, 0.2) is 0 Å². The van der Waals surface area contributed by atoms with E-state index in [0.717, 1.165) is 32.4 Å². The molecule has 1 heterocycles. The van der Waals surface area contributed by atoms with Crippen molar-refractivity contribution in [3.63, 3.8) is 0 Å². The van der Waals surface area contributed by atoms with Crippen molar-refractivity contribution in [2.45, 2.75) is 31.8 Å². The standard InChI is InChI=1S/C15H22N2O2/c16-10-13(15(18)19)14-8-4-5-9-17(14)11-12-6-2-1-3-7-12/h1-3,6-7,13-14H,4-5,8-11,16H2,(H,18,19). The molecule has 1 aromatic rings. The van der Waals surface area contributed by atoms with Gasteiger partial charge in [0.1, 0.15) is 0 Å². The van der Waals surface area contributed by atoms with E-state index in [4.69, 9.17) is 5.73 Å². The monoisotopic (exact) mass is 262 g/mol. The first-order chi connectivity index (χ1) is 9.22. The molecule has 0 spiro atoms. The molecular weight excluding hydrogens is 240 g/mol. The Morgan fingerprint density at radius 2 is 2.11 bits per heavy atom. The number of piperidine rings is 1. The molecule has 0 aliphatic carbocycles. The first-order valence-electron chi connectivity index (χ1n) is 6.93. The van der Waals surface area contributed by atoms with Gasteiger partial charge in [-0.05, 0) is 24.9 Å². The topological polar surface area (TPSA) is 66.6 Å². The van der Waals surface area contributed by atoms with Crippen molar-refractivity contribution in [1.29, 1.82) is 0 Å². The Labute approximate surface area is 114 Å². The van der Waals surface area contributed by atoms with Gasteiger partial charge < -0.3 is 10.8 Å². The Morgan fingerprint density at radius 1 is 1.37 bits per heavy atom. The normalized spacial score (nSPS) is 22.1. The van der Waals surface area contributed by atoms with Crippen LogP contribution in [-0.4, -0.2) is 35.1 Å². The fourth-order valence-corrected chi connectivity index (χ4v) is 2.91. The molecule has 0 saturated carbocycles. The zero-order chi connectivity index (χ0) is 13.7. The third-order valence-electron chi connectivity index (χ3n) is 3.93. The Hall–Kier alpha value is -1.39. The number of hydrogen-bond donors (Lipinski definition) is 2. The number of aliphatic carboxylic acids is 1. The second-order valence-electron chi connectivity index (χ2n) is 5.20. The molecule has 1 saturated heterocycles. The van der Waals surface area contributed by atoms with Crippen LogP contribution in [0.5, 0.6) is 0 Å². The first kappa shape index (κ1) is 14.0. The van der Waals surface area contributed by atoms with Gasteiger partial charge in [-0.3, -0.25) is 9.69 Å². The zero-order valence-electron chi connectivity index (χ0n) is 11.2. The Balaban J connectivity index is 2.09. The number of carbonyl (C=O) groups is 1. The number of carboxylic acid groups (broad SMARTS) is 1. The molecule has 104 valence electrons. The van der Waals surface area contributed by atoms with Gasteiger partial charge in [0.05, 0.1) is 5.92 Å². The highest BCUT2D eigenvalue weighted by Crippen LogP contribution is 2.25. The molecule has 0 radical (unpaired) electrons. The summed E-state index contributed by atoms with van der Waals surface area (Å²) in [5, 5.41) is 9.30. The van der Waals surface area contributed by atoms with Crippen LogP contribution in [0.4, 0.5) is 0 Å². The maximum atomic E-state index is 11.3. The number of nitrogens with two attached hydrogens (primary N) is 1. The highest BCUT2D eigenvalue weighted by atomic mass is 16.4. The average Bonchev–Trinajstić information content (AvgIpc) is 2.42. The average molecular weight is 262 g/mol. The molecule has 1 fully saturated rings. The summed E-state index contributed by atoms with van der Waals surface area (Å²) in [6.07, 6.45) is 3.17. The van der Waals surface area contributed by atoms with E-state index in [9.17, 15) is 9.90 Å². The molecule has 3 N–H and O–H groups in total. The van der Waals surface area contributed by atoms with Gasteiger partial charge in [0, 0.05) is 19.1 Å². The number of hydrogen-bond acceptors (Lipinski definition) is 3. The van der Waals surface area contributed by atoms with Gasteiger partial charge in [-0.15, -0.1) is 0 Å². The number of nitrogens with zero attached hydrogens (tertiary/aromatic N) is 1. The van der Waals surface area contributed by atoms with Crippen LogP contribution >= 0.6 is 0 Å². The van der Waals surface area contributed by atoms with Crippen molar-refractivity contribution < 1.29 is 9.90 Å². The van der Waals surface area contributed by atoms with Crippen molar-refractivity contribution in [3.8, 4) is 0 Å². The molecule has 1 aliphatic rings. The third-order valence-corrected chi connectivity index (χ3v) is 3.93. The fraction of sp³-hybridized carbons (Fsp3) is 0.533. The Morgan fingerprint density at radius 3 is 2.74 bits per heavy atom. The van der Waals surface area contributed by atoms with E-state index in [1.807, 2.05) is 18.2 Å². The van der Waals surface area contributed by atoms with Gasteiger partial charge in [0.2, 0.25) is 0 Å². The molecule has 2 unspecified atom stereocenters. The summed E-state index contributed by atoms with van der Waals surface area (Å²) < 4.78 is 0. The van der Waals surface area contributed by atoms with Crippen LogP contribution < -0.4 is 5.73 Å². The van der Waals surface area contributed by atoms with Gasteiger partial charge >= 0.3 is 5.97 Å². The van der Waals surface area contributed by atoms with Gasteiger partial charge in [0.25, 0.3) is 0 Å². The summed E-state index contributed by atoms with van der Waals surface area (Å²) >= 11 is 0. The van der Waals surface area contributed by atoms with E-state index in [-0.39, 0.29) is 12.6 Å². The van der Waals surface area contributed by atoms with Gasteiger partial charge in [-0.1, -0.05) is 36.8 Å². The predicted octanol–water partition coefficient (Wildman–Crippen LogP) is 1.70. The van der Waals surface area contributed by atoms with Crippen molar-refractivity contribution in [1.82, 2.24) is 4.90 Å². The molecule has 0 aromatic heterocycles. The van der Waals surface area contributed by atoms with Crippen LogP contribution in [-0.2, 0) is 11.3 Å². The summed E-state index contributed by atoms with van der Waals surface area (Å²) in [6, 6.07) is 10.3. The van der Waals surface area contributed by atoms with Crippen molar-refractivity contribution in [2.24, 2.45) is 11.7 Å². The number of rotatable bonds is 5. The molecule has 4 nitrogen and oxygen atoms in total. The SMILES string of the molecule is NCC(C(=O)O)C1CCCCN1Cc1ccccc1. The molecule has 0 amide bonds. The Kier molecular flexibility index (Phi) is 4.93. The molecule has 4 heteroatoms. The van der Waals surface area contributed by atoms with Crippen molar-refractivity contribution >= 4 is 5.97 Å². The Bertz CT molecular complexity index is 408. The van der Waals surface area contributed by atoms with Crippen molar-refractivity contribution in [3.05, 3.63) is 35.9 Å². The first-order valence-corrected chi connectivity index (χ1v) is 6.93. The van der Waals surface area contributed by atoms with Crippen molar-refractivity contribution in [2.75, 3.05) is 13.1 Å². The summed E-state index contributed by atoms with van der Waals surface area (Å²) in [6.45, 7) is 1.99. The highest BCUT2D eigenvalue weighted by molar-refractivity contribution is 5.71. The smallest absolute Gasteiger partial charge is 0.309 e. The van der Waals surface area contributed by atoms with E-state index >= 15 is 0 Å². The lowest BCUT2D eigenvalue weighted by Crippen LogP contribution is -2.48. The maximum absolute atomic E-state index is 11.3. The van der Waals surface area contributed by atoms with E-state index in [0.29, 0.717) is 0 Å². The van der Waals surface area contributed by atoms with Crippen LogP contribution in [0.15, 0.2) is 30.3 Å². The highest BCUT2D eigenvalue weighted by Gasteiger charge is 2.33. The summed E-state index contributed by atoms with van der Waals surface area (Å²) in [5.41, 5.74) is 6.88. The van der Waals surface area contributed by atoms with Gasteiger partial charge in [-0.2, -0.15) is 0 Å². The summed E-state index contributed by atoms with van der Waals surface area (Å²) in [4.78, 5) is 13.6. The molecule has 0 bridgehead atoms. The van der Waals surface area contributed by atoms with E-state index in [1.54, 1.807) is 0 Å². The molecule has 2 atom stereocenters. The van der Waals surface area contributed by atoms with E-state index in [1.165, 1.54) is 5.56 Å². The second-order valence-corrected chi connectivity index (χ2v) is 5.20. The number of carboxylic acids is 1.